The van der Waals surface area contributed by atoms with E-state index in [9.17, 15) is 4.79 Å². The van der Waals surface area contributed by atoms with Gasteiger partial charge in [0.2, 0.25) is 0 Å². The molecular weight excluding hydrogens is 379 g/mol. The molecule has 140 valence electrons. The van der Waals surface area contributed by atoms with E-state index in [4.69, 9.17) is 42.1 Å². The molecule has 2 aromatic carbocycles. The standard InChI is InChI=1S/C19H20Cl2O5/c1-23-13-7-5-11(9-15(13)25-3)17(20)19(22)18(21)12-6-8-14(24-2)16(10-12)26-4/h5-10,17-18H,1-4H3. The van der Waals surface area contributed by atoms with Crippen LogP contribution in [0.5, 0.6) is 23.0 Å². The number of hydrogen-bond donors (Lipinski definition) is 0. The first-order chi connectivity index (χ1) is 12.5. The normalized spacial score (nSPS) is 12.8. The van der Waals surface area contributed by atoms with Gasteiger partial charge in [-0.1, -0.05) is 12.1 Å². The molecule has 0 bridgehead atoms. The molecule has 2 aromatic rings. The Morgan fingerprint density at radius 2 is 1.04 bits per heavy atom. The molecule has 0 aliphatic heterocycles. The minimum absolute atomic E-state index is 0.354. The van der Waals surface area contributed by atoms with Gasteiger partial charge in [0.25, 0.3) is 0 Å². The lowest BCUT2D eigenvalue weighted by Crippen LogP contribution is -2.13. The number of halogens is 2. The second-order valence-electron chi connectivity index (χ2n) is 5.36. The Labute approximate surface area is 162 Å². The summed E-state index contributed by atoms with van der Waals surface area (Å²) in [6.07, 6.45) is 0. The van der Waals surface area contributed by atoms with Crippen LogP contribution in [0.15, 0.2) is 36.4 Å². The van der Waals surface area contributed by atoms with E-state index in [1.165, 1.54) is 28.4 Å². The molecule has 0 saturated carbocycles. The zero-order valence-corrected chi connectivity index (χ0v) is 16.4. The summed E-state index contributed by atoms with van der Waals surface area (Å²) >= 11 is 12.7. The smallest absolute Gasteiger partial charge is 0.177 e. The summed E-state index contributed by atoms with van der Waals surface area (Å²) in [5.74, 6) is 1.72. The van der Waals surface area contributed by atoms with E-state index >= 15 is 0 Å². The number of benzene rings is 2. The maximum absolute atomic E-state index is 12.7. The summed E-state index contributed by atoms with van der Waals surface area (Å²) < 4.78 is 20.9. The van der Waals surface area contributed by atoms with Crippen molar-refractivity contribution in [3.8, 4) is 23.0 Å². The maximum atomic E-state index is 12.7. The summed E-state index contributed by atoms with van der Waals surface area (Å²) in [6.45, 7) is 0. The lowest BCUT2D eigenvalue weighted by molar-refractivity contribution is -0.118. The van der Waals surface area contributed by atoms with Crippen LogP contribution >= 0.6 is 23.2 Å². The van der Waals surface area contributed by atoms with Gasteiger partial charge in [-0.3, -0.25) is 4.79 Å². The van der Waals surface area contributed by atoms with Crippen molar-refractivity contribution < 1.29 is 23.7 Å². The highest BCUT2D eigenvalue weighted by Gasteiger charge is 2.28. The fourth-order valence-corrected chi connectivity index (χ4v) is 3.07. The molecular formula is C19H20Cl2O5. The predicted octanol–water partition coefficient (Wildman–Crippen LogP) is 4.55. The van der Waals surface area contributed by atoms with Crippen molar-refractivity contribution in [2.24, 2.45) is 0 Å². The lowest BCUT2D eigenvalue weighted by Gasteiger charge is -2.17. The van der Waals surface area contributed by atoms with Gasteiger partial charge in [0.05, 0.1) is 28.4 Å². The monoisotopic (exact) mass is 398 g/mol. The van der Waals surface area contributed by atoms with Gasteiger partial charge in [0.1, 0.15) is 10.8 Å². The summed E-state index contributed by atoms with van der Waals surface area (Å²) in [6, 6.07) is 10.1. The van der Waals surface area contributed by atoms with Crippen LogP contribution in [-0.4, -0.2) is 34.2 Å². The van der Waals surface area contributed by atoms with Crippen LogP contribution in [0.25, 0.3) is 0 Å². The third kappa shape index (κ3) is 4.17. The van der Waals surface area contributed by atoms with Crippen molar-refractivity contribution in [1.29, 1.82) is 0 Å². The lowest BCUT2D eigenvalue weighted by atomic mass is 10.0. The molecule has 0 aliphatic carbocycles. The number of ether oxygens (including phenoxy) is 4. The average molecular weight is 399 g/mol. The molecule has 0 N–H and O–H groups in total. The molecule has 0 spiro atoms. The van der Waals surface area contributed by atoms with Crippen molar-refractivity contribution >= 4 is 29.0 Å². The molecule has 0 amide bonds. The summed E-state index contributed by atoms with van der Waals surface area (Å²) in [7, 11) is 6.10. The number of rotatable bonds is 8. The molecule has 2 atom stereocenters. The van der Waals surface area contributed by atoms with E-state index in [0.717, 1.165) is 0 Å². The van der Waals surface area contributed by atoms with Gasteiger partial charge in [0.15, 0.2) is 28.8 Å². The van der Waals surface area contributed by atoms with Crippen molar-refractivity contribution in [1.82, 2.24) is 0 Å². The minimum Gasteiger partial charge on any atom is -0.493 e. The van der Waals surface area contributed by atoms with Crippen LogP contribution in [0.2, 0.25) is 0 Å². The number of methoxy groups -OCH3 is 4. The molecule has 7 heteroatoms. The topological polar surface area (TPSA) is 54.0 Å². The summed E-state index contributed by atoms with van der Waals surface area (Å²) in [5.41, 5.74) is 1.14. The van der Waals surface area contributed by atoms with Gasteiger partial charge in [-0.2, -0.15) is 0 Å². The molecule has 0 aromatic heterocycles. The Morgan fingerprint density at radius 3 is 1.35 bits per heavy atom. The van der Waals surface area contributed by atoms with Gasteiger partial charge in [0, 0.05) is 0 Å². The van der Waals surface area contributed by atoms with Crippen molar-refractivity contribution in [3.63, 3.8) is 0 Å². The molecule has 2 unspecified atom stereocenters. The Kier molecular flexibility index (Phi) is 7.00. The number of alkyl halides is 2. The van der Waals surface area contributed by atoms with E-state index in [0.29, 0.717) is 34.1 Å². The molecule has 0 heterocycles. The number of carbonyl (C=O) groups is 1. The Bertz CT molecular complexity index is 715. The first-order valence-corrected chi connectivity index (χ1v) is 8.59. The highest BCUT2D eigenvalue weighted by atomic mass is 35.5. The minimum atomic E-state index is -0.939. The van der Waals surface area contributed by atoms with Gasteiger partial charge in [-0.25, -0.2) is 0 Å². The summed E-state index contributed by atoms with van der Waals surface area (Å²) in [5, 5.41) is -1.88. The van der Waals surface area contributed by atoms with Crippen molar-refractivity contribution in [2.75, 3.05) is 28.4 Å². The zero-order chi connectivity index (χ0) is 19.3. The SMILES string of the molecule is COc1ccc(C(Cl)C(=O)C(Cl)c2ccc(OC)c(OC)c2)cc1OC. The maximum Gasteiger partial charge on any atom is 0.177 e. The second kappa shape index (κ2) is 9.01. The van der Waals surface area contributed by atoms with Crippen molar-refractivity contribution in [2.45, 2.75) is 10.8 Å². The molecule has 0 fully saturated rings. The van der Waals surface area contributed by atoms with Gasteiger partial charge in [-0.15, -0.1) is 23.2 Å². The summed E-state index contributed by atoms with van der Waals surface area (Å²) in [4.78, 5) is 12.7. The molecule has 0 radical (unpaired) electrons. The molecule has 5 nitrogen and oxygen atoms in total. The van der Waals surface area contributed by atoms with E-state index in [1.54, 1.807) is 36.4 Å². The molecule has 0 saturated heterocycles. The van der Waals surface area contributed by atoms with Crippen molar-refractivity contribution in [3.05, 3.63) is 47.5 Å². The Balaban J connectivity index is 2.27. The molecule has 26 heavy (non-hydrogen) atoms. The van der Waals surface area contributed by atoms with Crippen LogP contribution in [0.1, 0.15) is 21.9 Å². The fraction of sp³-hybridized carbons (Fsp3) is 0.316. The first kappa shape index (κ1) is 20.2. The van der Waals surface area contributed by atoms with Gasteiger partial charge >= 0.3 is 0 Å². The first-order valence-electron chi connectivity index (χ1n) is 7.72. The average Bonchev–Trinajstić information content (AvgIpc) is 2.70. The van der Waals surface area contributed by atoms with E-state index < -0.39 is 10.8 Å². The van der Waals surface area contributed by atoms with Crippen LogP contribution < -0.4 is 18.9 Å². The van der Waals surface area contributed by atoms with Crippen LogP contribution in [-0.2, 0) is 4.79 Å². The Hall–Kier alpha value is -2.11. The third-order valence-corrected chi connectivity index (χ3v) is 4.83. The third-order valence-electron chi connectivity index (χ3n) is 3.90. The number of Topliss-reactive ketones (excluding diaryl/α,β-unsaturated/α-hetero) is 1. The quantitative estimate of drug-likeness (QED) is 0.610. The highest BCUT2D eigenvalue weighted by Crippen LogP contribution is 2.38. The van der Waals surface area contributed by atoms with Gasteiger partial charge in [-0.05, 0) is 35.4 Å². The Morgan fingerprint density at radius 1 is 0.692 bits per heavy atom. The number of hydrogen-bond acceptors (Lipinski definition) is 5. The highest BCUT2D eigenvalue weighted by molar-refractivity contribution is 6.40. The van der Waals surface area contributed by atoms with Gasteiger partial charge < -0.3 is 18.9 Å². The number of carbonyl (C=O) groups excluding carboxylic acids is 1. The van der Waals surface area contributed by atoms with Crippen LogP contribution in [0, 0.1) is 0 Å². The molecule has 2 rings (SSSR count). The zero-order valence-electron chi connectivity index (χ0n) is 14.9. The second-order valence-corrected chi connectivity index (χ2v) is 6.23. The predicted molar refractivity (Wildman–Crippen MR) is 101 cm³/mol. The van der Waals surface area contributed by atoms with E-state index in [2.05, 4.69) is 0 Å². The fourth-order valence-electron chi connectivity index (χ4n) is 2.48. The number of ketones is 1. The largest absolute Gasteiger partial charge is 0.493 e. The van der Waals surface area contributed by atoms with Crippen LogP contribution in [0.3, 0.4) is 0 Å². The molecule has 0 aliphatic rings. The van der Waals surface area contributed by atoms with Crippen LogP contribution in [0.4, 0.5) is 0 Å². The van der Waals surface area contributed by atoms with E-state index in [-0.39, 0.29) is 5.78 Å². The van der Waals surface area contributed by atoms with E-state index in [1.807, 2.05) is 0 Å².